The molecule has 0 saturated carbocycles. The molecule has 0 aromatic heterocycles. The predicted octanol–water partition coefficient (Wildman–Crippen LogP) is 2.27. The Kier molecular flexibility index (Phi) is 6.42. The molecular formula is C16H22N2O6. The summed E-state index contributed by atoms with van der Waals surface area (Å²) in [6.07, 6.45) is 0. The smallest absolute Gasteiger partial charge is 0.345 e. The van der Waals surface area contributed by atoms with Gasteiger partial charge in [-0.05, 0) is 32.9 Å². The summed E-state index contributed by atoms with van der Waals surface area (Å²) in [7, 11) is 3.08. The number of likely N-dealkylation sites (N-methyl/N-ethyl adjacent to an activating group) is 1. The molecule has 1 aromatic rings. The fourth-order valence-corrected chi connectivity index (χ4v) is 1.87. The van der Waals surface area contributed by atoms with E-state index < -0.39 is 28.1 Å². The third kappa shape index (κ3) is 5.31. The lowest BCUT2D eigenvalue weighted by Gasteiger charge is -2.20. The molecule has 24 heavy (non-hydrogen) atoms. The Hall–Kier alpha value is -2.48. The van der Waals surface area contributed by atoms with Gasteiger partial charge in [-0.25, -0.2) is 4.79 Å². The van der Waals surface area contributed by atoms with E-state index in [1.54, 1.807) is 27.8 Å². The van der Waals surface area contributed by atoms with Crippen LogP contribution >= 0.6 is 0 Å². The van der Waals surface area contributed by atoms with Crippen molar-refractivity contribution in [2.24, 2.45) is 0 Å². The number of hydrogen-bond acceptors (Lipinski definition) is 6. The van der Waals surface area contributed by atoms with Gasteiger partial charge in [0.2, 0.25) is 0 Å². The van der Waals surface area contributed by atoms with Crippen LogP contribution in [0.1, 0.15) is 41.5 Å². The van der Waals surface area contributed by atoms with Gasteiger partial charge in [0, 0.05) is 32.3 Å². The summed E-state index contributed by atoms with van der Waals surface area (Å²) in [5.74, 6) is -1.20. The van der Waals surface area contributed by atoms with E-state index in [-0.39, 0.29) is 11.1 Å². The highest BCUT2D eigenvalue weighted by atomic mass is 16.6. The zero-order valence-electron chi connectivity index (χ0n) is 14.5. The molecule has 1 amide bonds. The van der Waals surface area contributed by atoms with Crippen molar-refractivity contribution in [3.05, 3.63) is 39.4 Å². The van der Waals surface area contributed by atoms with Crippen molar-refractivity contribution in [2.75, 3.05) is 27.3 Å². The van der Waals surface area contributed by atoms with Crippen LogP contribution in [0.3, 0.4) is 0 Å². The molecule has 0 atom stereocenters. The summed E-state index contributed by atoms with van der Waals surface area (Å²) in [5, 5.41) is 11.3. The molecule has 0 aliphatic heterocycles. The second kappa shape index (κ2) is 7.87. The zero-order valence-corrected chi connectivity index (χ0v) is 14.5. The average Bonchev–Trinajstić information content (AvgIpc) is 2.49. The van der Waals surface area contributed by atoms with Gasteiger partial charge in [0.25, 0.3) is 11.6 Å². The molecule has 0 radical (unpaired) electrons. The van der Waals surface area contributed by atoms with Crippen molar-refractivity contribution in [1.29, 1.82) is 0 Å². The highest BCUT2D eigenvalue weighted by molar-refractivity contribution is 5.99. The molecule has 0 spiro atoms. The van der Waals surface area contributed by atoms with Gasteiger partial charge in [-0.1, -0.05) is 0 Å². The van der Waals surface area contributed by atoms with Crippen LogP contribution < -0.4 is 0 Å². The fraction of sp³-hybridized carbons (Fsp3) is 0.500. The van der Waals surface area contributed by atoms with Crippen LogP contribution in [-0.4, -0.2) is 54.6 Å². The quantitative estimate of drug-likeness (QED) is 0.448. The Morgan fingerprint density at radius 1 is 1.29 bits per heavy atom. The molecule has 0 saturated heterocycles. The molecule has 8 nitrogen and oxygen atoms in total. The maximum Gasteiger partial charge on any atom is 0.345 e. The number of hydrogen-bond donors (Lipinski definition) is 0. The summed E-state index contributed by atoms with van der Waals surface area (Å²) < 4.78 is 10.1. The third-order valence-corrected chi connectivity index (χ3v) is 3.04. The van der Waals surface area contributed by atoms with E-state index in [1.165, 1.54) is 24.1 Å². The second-order valence-electron chi connectivity index (χ2n) is 6.21. The first-order chi connectivity index (χ1) is 11.1. The van der Waals surface area contributed by atoms with E-state index in [9.17, 15) is 19.7 Å². The molecule has 0 aliphatic carbocycles. The van der Waals surface area contributed by atoms with E-state index in [0.29, 0.717) is 13.2 Å². The van der Waals surface area contributed by atoms with Gasteiger partial charge in [0.05, 0.1) is 11.5 Å². The van der Waals surface area contributed by atoms with Gasteiger partial charge in [-0.15, -0.1) is 0 Å². The van der Waals surface area contributed by atoms with Crippen LogP contribution in [0.15, 0.2) is 18.2 Å². The standard InChI is InChI=1S/C16H22N2O6/c1-16(2,3)24-15(20)12-7-6-11(10-13(12)18(21)22)14(19)17(4)8-9-23-5/h6-7,10H,8-9H2,1-5H3. The Morgan fingerprint density at radius 3 is 2.42 bits per heavy atom. The first-order valence-corrected chi connectivity index (χ1v) is 7.33. The number of methoxy groups -OCH3 is 1. The number of carbonyl (C=O) groups excluding carboxylic acids is 2. The van der Waals surface area contributed by atoms with Crippen molar-refractivity contribution in [2.45, 2.75) is 26.4 Å². The summed E-state index contributed by atoms with van der Waals surface area (Å²) >= 11 is 0. The largest absolute Gasteiger partial charge is 0.456 e. The minimum atomic E-state index is -0.805. The SMILES string of the molecule is COCCN(C)C(=O)c1ccc(C(=O)OC(C)(C)C)c([N+](=O)[O-])c1. The molecule has 8 heteroatoms. The molecule has 132 valence electrons. The highest BCUT2D eigenvalue weighted by Gasteiger charge is 2.27. The maximum absolute atomic E-state index is 12.3. The summed E-state index contributed by atoms with van der Waals surface area (Å²) in [6, 6.07) is 3.70. The molecule has 1 rings (SSSR count). The maximum atomic E-state index is 12.3. The minimum absolute atomic E-state index is 0.118. The van der Waals surface area contributed by atoms with Gasteiger partial charge in [0.15, 0.2) is 0 Å². The zero-order chi connectivity index (χ0) is 18.5. The molecule has 0 unspecified atom stereocenters. The number of amides is 1. The van der Waals surface area contributed by atoms with E-state index >= 15 is 0 Å². The van der Waals surface area contributed by atoms with Gasteiger partial charge < -0.3 is 14.4 Å². The topological polar surface area (TPSA) is 99.0 Å². The number of esters is 1. The lowest BCUT2D eigenvalue weighted by molar-refractivity contribution is -0.385. The Morgan fingerprint density at radius 2 is 1.92 bits per heavy atom. The summed E-state index contributed by atoms with van der Waals surface area (Å²) in [4.78, 5) is 36.3. The highest BCUT2D eigenvalue weighted by Crippen LogP contribution is 2.24. The Balaban J connectivity index is 3.14. The normalized spacial score (nSPS) is 11.0. The molecule has 1 aromatic carbocycles. The van der Waals surface area contributed by atoms with Crippen molar-refractivity contribution in [3.63, 3.8) is 0 Å². The number of benzene rings is 1. The van der Waals surface area contributed by atoms with Gasteiger partial charge >= 0.3 is 5.97 Å². The van der Waals surface area contributed by atoms with E-state index in [0.717, 1.165) is 6.07 Å². The van der Waals surface area contributed by atoms with E-state index in [2.05, 4.69) is 0 Å². The fourth-order valence-electron chi connectivity index (χ4n) is 1.87. The molecule has 0 heterocycles. The molecule has 0 fully saturated rings. The molecule has 0 N–H and O–H groups in total. The molecule has 0 bridgehead atoms. The van der Waals surface area contributed by atoms with Crippen LogP contribution in [0.25, 0.3) is 0 Å². The van der Waals surface area contributed by atoms with Crippen LogP contribution in [0.5, 0.6) is 0 Å². The lowest BCUT2D eigenvalue weighted by atomic mass is 10.1. The van der Waals surface area contributed by atoms with Crippen LogP contribution in [0.2, 0.25) is 0 Å². The molecular weight excluding hydrogens is 316 g/mol. The van der Waals surface area contributed by atoms with Crippen molar-refractivity contribution in [1.82, 2.24) is 4.90 Å². The van der Waals surface area contributed by atoms with Crippen molar-refractivity contribution < 1.29 is 24.0 Å². The van der Waals surface area contributed by atoms with Crippen LogP contribution in [0, 0.1) is 10.1 Å². The van der Waals surface area contributed by atoms with Gasteiger partial charge in [-0.3, -0.25) is 14.9 Å². The van der Waals surface area contributed by atoms with Crippen molar-refractivity contribution in [3.8, 4) is 0 Å². The number of nitrogens with zero attached hydrogens (tertiary/aromatic N) is 2. The summed E-state index contributed by atoms with van der Waals surface area (Å²) in [5.41, 5.74) is -1.31. The van der Waals surface area contributed by atoms with Crippen LogP contribution in [-0.2, 0) is 9.47 Å². The summed E-state index contributed by atoms with van der Waals surface area (Å²) in [6.45, 7) is 5.69. The Labute approximate surface area is 140 Å². The number of rotatable bonds is 6. The first kappa shape index (κ1) is 19.6. The lowest BCUT2D eigenvalue weighted by Crippen LogP contribution is -2.30. The van der Waals surface area contributed by atoms with Crippen LogP contribution in [0.4, 0.5) is 5.69 Å². The first-order valence-electron chi connectivity index (χ1n) is 7.33. The number of carbonyl (C=O) groups is 2. The van der Waals surface area contributed by atoms with E-state index in [4.69, 9.17) is 9.47 Å². The second-order valence-corrected chi connectivity index (χ2v) is 6.21. The van der Waals surface area contributed by atoms with E-state index in [1.807, 2.05) is 0 Å². The number of nitro groups is 1. The number of nitro benzene ring substituents is 1. The average molecular weight is 338 g/mol. The number of ether oxygens (including phenoxy) is 2. The van der Waals surface area contributed by atoms with Gasteiger partial charge in [0.1, 0.15) is 11.2 Å². The van der Waals surface area contributed by atoms with Gasteiger partial charge in [-0.2, -0.15) is 0 Å². The minimum Gasteiger partial charge on any atom is -0.456 e. The Bertz CT molecular complexity index is 636. The third-order valence-electron chi connectivity index (χ3n) is 3.04. The monoisotopic (exact) mass is 338 g/mol. The predicted molar refractivity (Wildman–Crippen MR) is 87.1 cm³/mol. The molecule has 0 aliphatic rings. The van der Waals surface area contributed by atoms with Crippen molar-refractivity contribution >= 4 is 17.6 Å².